The van der Waals surface area contributed by atoms with Crippen molar-refractivity contribution in [1.82, 2.24) is 10.3 Å². The number of aromatic nitrogens is 1. The third kappa shape index (κ3) is 3.69. The molecule has 1 fully saturated rings. The molecule has 2 unspecified atom stereocenters. The number of amides is 1. The Morgan fingerprint density at radius 1 is 1.26 bits per heavy atom. The first-order valence-corrected chi connectivity index (χ1v) is 7.03. The lowest BCUT2D eigenvalue weighted by Gasteiger charge is -2.32. The largest absolute Gasteiger partial charge is 0.382 e. The molecule has 0 aliphatic heterocycles. The zero-order chi connectivity index (χ0) is 13.8. The Balaban J connectivity index is 2.04. The minimum absolute atomic E-state index is 0.144. The van der Waals surface area contributed by atoms with E-state index in [4.69, 9.17) is 0 Å². The van der Waals surface area contributed by atoms with Crippen LogP contribution in [0.3, 0.4) is 0 Å². The van der Waals surface area contributed by atoms with Gasteiger partial charge in [-0.2, -0.15) is 0 Å². The van der Waals surface area contributed by atoms with Gasteiger partial charge in [-0.3, -0.25) is 9.78 Å². The number of carbonyl (C=O) groups excluding carboxylic acids is 1. The van der Waals surface area contributed by atoms with E-state index in [1.807, 2.05) is 12.1 Å². The first-order chi connectivity index (χ1) is 9.08. The van der Waals surface area contributed by atoms with Crippen molar-refractivity contribution in [3.05, 3.63) is 24.0 Å². The molecule has 0 bridgehead atoms. The summed E-state index contributed by atoms with van der Waals surface area (Å²) in [5, 5.41) is 6.14. The molecular weight excluding hydrogens is 238 g/mol. The molecule has 0 saturated heterocycles. The van der Waals surface area contributed by atoms with E-state index < -0.39 is 0 Å². The molecule has 1 amide bonds. The van der Waals surface area contributed by atoms with Gasteiger partial charge in [-0.05, 0) is 43.2 Å². The van der Waals surface area contributed by atoms with E-state index in [1.165, 1.54) is 19.3 Å². The highest BCUT2D eigenvalue weighted by Gasteiger charge is 2.23. The van der Waals surface area contributed by atoms with E-state index in [0.29, 0.717) is 11.7 Å². The number of rotatable bonds is 3. The van der Waals surface area contributed by atoms with Crippen molar-refractivity contribution in [1.29, 1.82) is 0 Å². The molecule has 1 saturated carbocycles. The summed E-state index contributed by atoms with van der Waals surface area (Å²) in [6.45, 7) is 4.62. The van der Waals surface area contributed by atoms with Gasteiger partial charge >= 0.3 is 0 Å². The molecule has 1 aliphatic rings. The smallest absolute Gasteiger partial charge is 0.269 e. The lowest BCUT2D eigenvalue weighted by Crippen LogP contribution is -2.30. The van der Waals surface area contributed by atoms with Gasteiger partial charge in [0.2, 0.25) is 0 Å². The zero-order valence-electron chi connectivity index (χ0n) is 11.9. The van der Waals surface area contributed by atoms with Crippen LogP contribution >= 0.6 is 0 Å². The predicted octanol–water partition coefficient (Wildman–Crippen LogP) is 2.68. The Labute approximate surface area is 115 Å². The van der Waals surface area contributed by atoms with Crippen LogP contribution in [0, 0.1) is 11.8 Å². The summed E-state index contributed by atoms with van der Waals surface area (Å²) in [6, 6.07) is 4.25. The number of carbonyl (C=O) groups is 1. The quantitative estimate of drug-likeness (QED) is 0.879. The van der Waals surface area contributed by atoms with E-state index in [-0.39, 0.29) is 5.91 Å². The maximum Gasteiger partial charge on any atom is 0.269 e. The second-order valence-electron chi connectivity index (χ2n) is 5.77. The Morgan fingerprint density at radius 2 is 1.95 bits per heavy atom. The molecule has 104 valence electrons. The molecule has 1 aromatic heterocycles. The van der Waals surface area contributed by atoms with Gasteiger partial charge in [0, 0.05) is 25.0 Å². The van der Waals surface area contributed by atoms with Crippen LogP contribution in [-0.2, 0) is 0 Å². The van der Waals surface area contributed by atoms with Gasteiger partial charge in [0.05, 0.1) is 0 Å². The minimum atomic E-state index is -0.144. The summed E-state index contributed by atoms with van der Waals surface area (Å²) in [4.78, 5) is 15.6. The molecule has 2 N–H and O–H groups in total. The van der Waals surface area contributed by atoms with Crippen molar-refractivity contribution in [3.8, 4) is 0 Å². The fraction of sp³-hybridized carbons (Fsp3) is 0.600. The topological polar surface area (TPSA) is 54.0 Å². The molecule has 2 atom stereocenters. The molecule has 0 spiro atoms. The Bertz CT molecular complexity index is 437. The summed E-state index contributed by atoms with van der Waals surface area (Å²) in [5.74, 6) is 1.39. The Kier molecular flexibility index (Phi) is 4.40. The normalized spacial score (nSPS) is 26.8. The van der Waals surface area contributed by atoms with Crippen LogP contribution in [0.15, 0.2) is 18.3 Å². The summed E-state index contributed by atoms with van der Waals surface area (Å²) >= 11 is 0. The van der Waals surface area contributed by atoms with E-state index in [0.717, 1.165) is 17.5 Å². The van der Waals surface area contributed by atoms with Crippen molar-refractivity contribution in [2.75, 3.05) is 12.4 Å². The second kappa shape index (κ2) is 6.04. The maximum absolute atomic E-state index is 11.6. The van der Waals surface area contributed by atoms with Crippen molar-refractivity contribution in [2.24, 2.45) is 11.8 Å². The molecular formula is C15H23N3O. The molecule has 1 aliphatic carbocycles. The van der Waals surface area contributed by atoms with Gasteiger partial charge < -0.3 is 10.6 Å². The van der Waals surface area contributed by atoms with Crippen LogP contribution in [-0.4, -0.2) is 24.0 Å². The summed E-state index contributed by atoms with van der Waals surface area (Å²) in [5.41, 5.74) is 1.45. The van der Waals surface area contributed by atoms with Gasteiger partial charge in [-0.1, -0.05) is 13.8 Å². The van der Waals surface area contributed by atoms with Crippen LogP contribution in [0.5, 0.6) is 0 Å². The van der Waals surface area contributed by atoms with Gasteiger partial charge in [-0.15, -0.1) is 0 Å². The van der Waals surface area contributed by atoms with Crippen molar-refractivity contribution in [3.63, 3.8) is 0 Å². The molecule has 1 aromatic rings. The van der Waals surface area contributed by atoms with E-state index >= 15 is 0 Å². The van der Waals surface area contributed by atoms with E-state index in [2.05, 4.69) is 29.5 Å². The highest BCUT2D eigenvalue weighted by atomic mass is 16.1. The number of anilines is 1. The van der Waals surface area contributed by atoms with Crippen LogP contribution in [0.25, 0.3) is 0 Å². The predicted molar refractivity (Wildman–Crippen MR) is 77.2 cm³/mol. The van der Waals surface area contributed by atoms with Crippen molar-refractivity contribution < 1.29 is 4.79 Å². The third-order valence-electron chi connectivity index (χ3n) is 3.77. The third-order valence-corrected chi connectivity index (χ3v) is 3.77. The molecule has 2 rings (SSSR count). The van der Waals surface area contributed by atoms with Gasteiger partial charge in [0.25, 0.3) is 5.91 Å². The van der Waals surface area contributed by atoms with Crippen LogP contribution < -0.4 is 10.6 Å². The summed E-state index contributed by atoms with van der Waals surface area (Å²) < 4.78 is 0. The molecule has 4 nitrogen and oxygen atoms in total. The number of nitrogens with one attached hydrogen (secondary N) is 2. The highest BCUT2D eigenvalue weighted by molar-refractivity contribution is 5.92. The van der Waals surface area contributed by atoms with Crippen LogP contribution in [0.4, 0.5) is 5.69 Å². The highest BCUT2D eigenvalue weighted by Crippen LogP contribution is 2.30. The Hall–Kier alpha value is -1.58. The summed E-state index contributed by atoms with van der Waals surface area (Å²) in [7, 11) is 1.62. The van der Waals surface area contributed by atoms with Crippen LogP contribution in [0.1, 0.15) is 43.6 Å². The fourth-order valence-corrected chi connectivity index (χ4v) is 3.07. The minimum Gasteiger partial charge on any atom is -0.382 e. The first kappa shape index (κ1) is 13.8. The molecule has 4 heteroatoms. The average Bonchev–Trinajstić information content (AvgIpc) is 2.37. The number of hydrogen-bond donors (Lipinski definition) is 2. The monoisotopic (exact) mass is 261 g/mol. The van der Waals surface area contributed by atoms with Crippen LogP contribution in [0.2, 0.25) is 0 Å². The van der Waals surface area contributed by atoms with E-state index in [9.17, 15) is 4.79 Å². The molecule has 1 heterocycles. The lowest BCUT2D eigenvalue weighted by atomic mass is 9.80. The van der Waals surface area contributed by atoms with E-state index in [1.54, 1.807) is 13.2 Å². The maximum atomic E-state index is 11.6. The number of nitrogens with zero attached hydrogens (tertiary/aromatic N) is 1. The van der Waals surface area contributed by atoms with Crippen molar-refractivity contribution in [2.45, 2.75) is 39.2 Å². The standard InChI is InChI=1S/C15H23N3O/c1-10-6-11(2)8-13(7-10)18-12-4-5-17-14(9-12)15(19)16-3/h4-5,9-11,13H,6-8H2,1-3H3,(H,16,19)(H,17,18). The molecule has 19 heavy (non-hydrogen) atoms. The Morgan fingerprint density at radius 3 is 2.58 bits per heavy atom. The van der Waals surface area contributed by atoms with Gasteiger partial charge in [-0.25, -0.2) is 0 Å². The summed E-state index contributed by atoms with van der Waals surface area (Å²) in [6.07, 6.45) is 5.39. The van der Waals surface area contributed by atoms with Gasteiger partial charge in [0.15, 0.2) is 0 Å². The SMILES string of the molecule is CNC(=O)c1cc(NC2CC(C)CC(C)C2)ccn1. The number of hydrogen-bond acceptors (Lipinski definition) is 3. The van der Waals surface area contributed by atoms with Gasteiger partial charge in [0.1, 0.15) is 5.69 Å². The number of pyridine rings is 1. The second-order valence-corrected chi connectivity index (χ2v) is 5.77. The fourth-order valence-electron chi connectivity index (χ4n) is 3.07. The average molecular weight is 261 g/mol. The molecule has 0 aromatic carbocycles. The van der Waals surface area contributed by atoms with Crippen molar-refractivity contribution >= 4 is 11.6 Å². The zero-order valence-corrected chi connectivity index (χ0v) is 11.9. The first-order valence-electron chi connectivity index (χ1n) is 7.03. The lowest BCUT2D eigenvalue weighted by molar-refractivity contribution is 0.0958. The molecule has 0 radical (unpaired) electrons.